The number of hydrogen-bond donors (Lipinski definition) is 0. The fourth-order valence-corrected chi connectivity index (χ4v) is 3.07. The summed E-state index contributed by atoms with van der Waals surface area (Å²) in [6.07, 6.45) is -1.02. The molecule has 0 aromatic heterocycles. The smallest absolute Gasteiger partial charge is 0.389 e. The number of benzene rings is 2. The minimum Gasteiger partial charge on any atom is -0.494 e. The second kappa shape index (κ2) is 17.2. The lowest BCUT2D eigenvalue weighted by Crippen LogP contribution is -2.11. The van der Waals surface area contributed by atoms with E-state index < -0.39 is 24.5 Å². The van der Waals surface area contributed by atoms with Gasteiger partial charge in [0.05, 0.1) is 32.0 Å². The van der Waals surface area contributed by atoms with E-state index in [2.05, 4.69) is 0 Å². The molecule has 0 radical (unpaired) electrons. The van der Waals surface area contributed by atoms with Gasteiger partial charge in [0.25, 0.3) is 0 Å². The van der Waals surface area contributed by atoms with Crippen LogP contribution in [0.15, 0.2) is 54.6 Å². The van der Waals surface area contributed by atoms with Gasteiger partial charge in [-0.2, -0.15) is 13.2 Å². The summed E-state index contributed by atoms with van der Waals surface area (Å²) in [5.74, 6) is -0.207. The molecule has 0 aliphatic carbocycles. The number of hydrogen-bond acceptors (Lipinski definition) is 7. The first-order valence-electron chi connectivity index (χ1n) is 12.4. The zero-order valence-corrected chi connectivity index (χ0v) is 21.3. The van der Waals surface area contributed by atoms with Crippen molar-refractivity contribution in [1.82, 2.24) is 0 Å². The highest BCUT2D eigenvalue weighted by Gasteiger charge is 2.25. The van der Waals surface area contributed by atoms with Gasteiger partial charge in [-0.15, -0.1) is 0 Å². The summed E-state index contributed by atoms with van der Waals surface area (Å²) in [5.41, 5.74) is 1.03. The maximum absolute atomic E-state index is 12.4. The van der Waals surface area contributed by atoms with Crippen LogP contribution in [0.3, 0.4) is 0 Å². The second-order valence-electron chi connectivity index (χ2n) is 8.07. The summed E-state index contributed by atoms with van der Waals surface area (Å²) in [4.78, 5) is 24.2. The number of ether oxygens (including phenoxy) is 5. The van der Waals surface area contributed by atoms with Gasteiger partial charge >= 0.3 is 18.1 Å². The number of esters is 2. The molecule has 0 fully saturated rings. The van der Waals surface area contributed by atoms with Gasteiger partial charge in [0.1, 0.15) is 18.1 Å². The van der Waals surface area contributed by atoms with Gasteiger partial charge in [-0.25, -0.2) is 9.59 Å². The van der Waals surface area contributed by atoms with E-state index in [0.717, 1.165) is 5.56 Å². The van der Waals surface area contributed by atoms with E-state index in [1.165, 1.54) is 6.08 Å². The van der Waals surface area contributed by atoms with Crippen molar-refractivity contribution in [2.75, 3.05) is 39.6 Å². The van der Waals surface area contributed by atoms with Crippen molar-refractivity contribution in [2.24, 2.45) is 0 Å². The Bertz CT molecular complexity index is 987. The lowest BCUT2D eigenvalue weighted by Gasteiger charge is -2.08. The van der Waals surface area contributed by atoms with Crippen molar-refractivity contribution >= 4 is 18.0 Å². The first kappa shape index (κ1) is 30.9. The first-order chi connectivity index (χ1) is 18.3. The van der Waals surface area contributed by atoms with Crippen molar-refractivity contribution in [3.8, 4) is 11.5 Å². The van der Waals surface area contributed by atoms with E-state index in [9.17, 15) is 22.8 Å². The van der Waals surface area contributed by atoms with Gasteiger partial charge in [-0.3, -0.25) is 0 Å². The Labute approximate surface area is 220 Å². The van der Waals surface area contributed by atoms with Crippen LogP contribution >= 0.6 is 0 Å². The van der Waals surface area contributed by atoms with E-state index in [0.29, 0.717) is 56.3 Å². The molecule has 0 spiro atoms. The molecule has 2 aromatic rings. The molecule has 0 heterocycles. The third-order valence-corrected chi connectivity index (χ3v) is 5.01. The molecule has 0 amide bonds. The molecule has 0 unspecified atom stereocenters. The molecule has 0 atom stereocenters. The van der Waals surface area contributed by atoms with Crippen molar-refractivity contribution < 1.29 is 46.4 Å². The summed E-state index contributed by atoms with van der Waals surface area (Å²) < 4.78 is 62.7. The molecule has 38 heavy (non-hydrogen) atoms. The van der Waals surface area contributed by atoms with Gasteiger partial charge in [-0.05, 0) is 74.2 Å². The number of carbonyl (C=O) groups is 2. The fourth-order valence-electron chi connectivity index (χ4n) is 3.07. The number of rotatable bonds is 17. The maximum atomic E-state index is 12.4. The van der Waals surface area contributed by atoms with Crippen LogP contribution in [-0.4, -0.2) is 57.8 Å². The highest BCUT2D eigenvalue weighted by atomic mass is 19.4. The summed E-state index contributed by atoms with van der Waals surface area (Å²) >= 11 is 0. The molecule has 0 saturated heterocycles. The number of carbonyl (C=O) groups excluding carboxylic acids is 2. The normalized spacial score (nSPS) is 11.5. The Hall–Kier alpha value is -3.37. The number of unbranched alkanes of at least 4 members (excludes halogenated alkanes) is 2. The number of alkyl halides is 3. The SMILES string of the molecule is CCOCCOCCOC(=O)C=Cc1ccc(OC(=O)c2ccc(OCCCCCC(F)(F)F)cc2)cc1. The van der Waals surface area contributed by atoms with Crippen LogP contribution < -0.4 is 9.47 Å². The second-order valence-corrected chi connectivity index (χ2v) is 8.07. The lowest BCUT2D eigenvalue weighted by molar-refractivity contribution is -0.139. The Morgan fingerprint density at radius 2 is 1.45 bits per heavy atom. The molecular weight excluding hydrogens is 505 g/mol. The monoisotopic (exact) mass is 538 g/mol. The molecule has 2 rings (SSSR count). The third-order valence-electron chi connectivity index (χ3n) is 5.01. The van der Waals surface area contributed by atoms with Crippen LogP contribution in [0.2, 0.25) is 0 Å². The van der Waals surface area contributed by atoms with Crippen molar-refractivity contribution in [2.45, 2.75) is 38.8 Å². The van der Waals surface area contributed by atoms with Crippen molar-refractivity contribution in [3.63, 3.8) is 0 Å². The van der Waals surface area contributed by atoms with Crippen LogP contribution in [-0.2, 0) is 19.0 Å². The van der Waals surface area contributed by atoms with E-state index in [-0.39, 0.29) is 19.6 Å². The molecule has 7 nitrogen and oxygen atoms in total. The van der Waals surface area contributed by atoms with E-state index >= 15 is 0 Å². The average Bonchev–Trinajstić information content (AvgIpc) is 2.89. The highest BCUT2D eigenvalue weighted by Crippen LogP contribution is 2.23. The van der Waals surface area contributed by atoms with Gasteiger partial charge in [0.15, 0.2) is 0 Å². The predicted molar refractivity (Wildman–Crippen MR) is 135 cm³/mol. The molecule has 0 aliphatic heterocycles. The Balaban J connectivity index is 1.68. The zero-order chi connectivity index (χ0) is 27.6. The highest BCUT2D eigenvalue weighted by molar-refractivity contribution is 5.91. The Morgan fingerprint density at radius 3 is 2.13 bits per heavy atom. The van der Waals surface area contributed by atoms with Crippen molar-refractivity contribution in [3.05, 3.63) is 65.7 Å². The standard InChI is InChI=1S/C28H33F3O7/c1-2-34-18-19-35-20-21-37-26(32)15-8-22-6-11-25(12-7-22)38-27(33)23-9-13-24(14-10-23)36-17-5-3-4-16-28(29,30)31/h6-15H,2-5,16-21H2,1H3. The van der Waals surface area contributed by atoms with Crippen LogP contribution in [0.25, 0.3) is 6.08 Å². The van der Waals surface area contributed by atoms with Crippen LogP contribution in [0.4, 0.5) is 13.2 Å². The Kier molecular flexibility index (Phi) is 14.0. The first-order valence-corrected chi connectivity index (χ1v) is 12.4. The molecular formula is C28H33F3O7. The summed E-state index contributed by atoms with van der Waals surface area (Å²) in [5, 5.41) is 0. The maximum Gasteiger partial charge on any atom is 0.389 e. The summed E-state index contributed by atoms with van der Waals surface area (Å²) in [6, 6.07) is 12.9. The minimum atomic E-state index is -4.12. The van der Waals surface area contributed by atoms with Gasteiger partial charge < -0.3 is 23.7 Å². The molecule has 0 N–H and O–H groups in total. The lowest BCUT2D eigenvalue weighted by atomic mass is 10.2. The molecule has 0 aliphatic rings. The van der Waals surface area contributed by atoms with Gasteiger partial charge in [0, 0.05) is 19.1 Å². The minimum absolute atomic E-state index is 0.0767. The molecule has 0 saturated carbocycles. The third kappa shape index (κ3) is 13.8. The van der Waals surface area contributed by atoms with E-state index in [1.807, 2.05) is 6.92 Å². The van der Waals surface area contributed by atoms with Gasteiger partial charge in [0.2, 0.25) is 0 Å². The molecule has 0 bridgehead atoms. The predicted octanol–water partition coefficient (Wildman–Crippen LogP) is 6.02. The molecule has 10 heteroatoms. The van der Waals surface area contributed by atoms with E-state index in [4.69, 9.17) is 23.7 Å². The average molecular weight is 539 g/mol. The molecule has 208 valence electrons. The Morgan fingerprint density at radius 1 is 0.789 bits per heavy atom. The van der Waals surface area contributed by atoms with Crippen LogP contribution in [0.1, 0.15) is 48.5 Å². The number of halogens is 3. The fraction of sp³-hybridized carbons (Fsp3) is 0.429. The topological polar surface area (TPSA) is 80.3 Å². The largest absolute Gasteiger partial charge is 0.494 e. The van der Waals surface area contributed by atoms with E-state index in [1.54, 1.807) is 54.6 Å². The van der Waals surface area contributed by atoms with Crippen LogP contribution in [0.5, 0.6) is 11.5 Å². The van der Waals surface area contributed by atoms with Gasteiger partial charge in [-0.1, -0.05) is 12.1 Å². The van der Waals surface area contributed by atoms with Crippen LogP contribution in [0, 0.1) is 0 Å². The quantitative estimate of drug-likeness (QED) is 0.106. The summed E-state index contributed by atoms with van der Waals surface area (Å²) in [7, 11) is 0. The molecule has 2 aromatic carbocycles. The zero-order valence-electron chi connectivity index (χ0n) is 21.3. The van der Waals surface area contributed by atoms with Crippen molar-refractivity contribution in [1.29, 1.82) is 0 Å². The summed E-state index contributed by atoms with van der Waals surface area (Å²) in [6.45, 7) is 4.19.